The molecule has 0 unspecified atom stereocenters. The summed E-state index contributed by atoms with van der Waals surface area (Å²) in [5.74, 6) is 0.795. The van der Waals surface area contributed by atoms with Crippen LogP contribution < -0.4 is 0 Å². The lowest BCUT2D eigenvalue weighted by atomic mass is 9.99. The topological polar surface area (TPSA) is 37.9 Å². The fraction of sp³-hybridized carbons (Fsp3) is 0.0833. The maximum absolute atomic E-state index is 6.00. The van der Waals surface area contributed by atoms with E-state index in [9.17, 15) is 0 Å². The van der Waals surface area contributed by atoms with Crippen LogP contribution >= 0.6 is 11.6 Å². The van der Waals surface area contributed by atoms with E-state index in [0.717, 1.165) is 27.5 Å². The number of halogens is 1. The van der Waals surface area contributed by atoms with Crippen LogP contribution in [0.2, 0.25) is 5.02 Å². The molecule has 3 rings (SSSR count). The van der Waals surface area contributed by atoms with Crippen molar-refractivity contribution in [3.8, 4) is 0 Å². The van der Waals surface area contributed by atoms with Gasteiger partial charge in [-0.2, -0.15) is 0 Å². The molecule has 4 heteroatoms. The minimum Gasteiger partial charge on any atom is -0.496 e. The van der Waals surface area contributed by atoms with Gasteiger partial charge in [-0.25, -0.2) is 4.98 Å². The predicted molar refractivity (Wildman–Crippen MR) is 61.9 cm³/mol. The van der Waals surface area contributed by atoms with Crippen LogP contribution in [0.5, 0.6) is 0 Å². The van der Waals surface area contributed by atoms with Gasteiger partial charge in [0.2, 0.25) is 0 Å². The lowest BCUT2D eigenvalue weighted by Gasteiger charge is -2.17. The van der Waals surface area contributed by atoms with Crippen molar-refractivity contribution in [3.05, 3.63) is 58.8 Å². The molecular formula is C12H9ClN2O. The molecule has 0 radical (unpaired) electrons. The van der Waals surface area contributed by atoms with Crippen LogP contribution in [0.25, 0.3) is 5.57 Å². The smallest absolute Gasteiger partial charge is 0.140 e. The van der Waals surface area contributed by atoms with E-state index in [1.165, 1.54) is 0 Å². The summed E-state index contributed by atoms with van der Waals surface area (Å²) in [6.07, 6.45) is 5.22. The van der Waals surface area contributed by atoms with Crippen molar-refractivity contribution >= 4 is 17.2 Å². The zero-order valence-corrected chi connectivity index (χ0v) is 9.16. The van der Waals surface area contributed by atoms with Crippen molar-refractivity contribution in [1.29, 1.82) is 0 Å². The van der Waals surface area contributed by atoms with Crippen molar-refractivity contribution in [2.24, 2.45) is 0 Å². The summed E-state index contributed by atoms with van der Waals surface area (Å²) in [5, 5.41) is 0.720. The molecule has 2 aromatic rings. The van der Waals surface area contributed by atoms with Crippen molar-refractivity contribution < 1.29 is 4.74 Å². The third-order valence-electron chi connectivity index (χ3n) is 2.56. The Morgan fingerprint density at radius 3 is 3.12 bits per heavy atom. The van der Waals surface area contributed by atoms with Gasteiger partial charge in [0.05, 0.1) is 11.8 Å². The van der Waals surface area contributed by atoms with E-state index >= 15 is 0 Å². The molecule has 0 aliphatic carbocycles. The van der Waals surface area contributed by atoms with Crippen LogP contribution in [0.4, 0.5) is 0 Å². The number of benzene rings is 1. The number of fused-ring (bicyclic) bond motifs is 1. The largest absolute Gasteiger partial charge is 0.496 e. The van der Waals surface area contributed by atoms with Crippen molar-refractivity contribution in [1.82, 2.24) is 9.97 Å². The molecule has 0 saturated carbocycles. The lowest BCUT2D eigenvalue weighted by molar-refractivity contribution is 0.233. The summed E-state index contributed by atoms with van der Waals surface area (Å²) in [5.41, 5.74) is 3.14. The van der Waals surface area contributed by atoms with E-state index in [1.54, 1.807) is 18.7 Å². The Kier molecular flexibility index (Phi) is 2.18. The van der Waals surface area contributed by atoms with E-state index in [2.05, 4.69) is 9.97 Å². The number of hydrogen-bond acceptors (Lipinski definition) is 2. The molecule has 1 N–H and O–H groups in total. The highest BCUT2D eigenvalue weighted by Crippen LogP contribution is 2.30. The SMILES string of the molecule is Clc1ccc2c(c1)C(c1ncc[nH]1)=COC2. The molecule has 16 heavy (non-hydrogen) atoms. The first-order chi connectivity index (χ1) is 7.84. The van der Waals surface area contributed by atoms with Gasteiger partial charge >= 0.3 is 0 Å². The number of ether oxygens (including phenoxy) is 1. The first-order valence-electron chi connectivity index (χ1n) is 4.95. The molecule has 1 aromatic carbocycles. The van der Waals surface area contributed by atoms with Crippen LogP contribution in [0.15, 0.2) is 36.9 Å². The Morgan fingerprint density at radius 1 is 1.38 bits per heavy atom. The standard InChI is InChI=1S/C12H9ClN2O/c13-9-2-1-8-6-16-7-11(10(8)5-9)12-14-3-4-15-12/h1-5,7H,6H2,(H,14,15). The Labute approximate surface area is 97.7 Å². The van der Waals surface area contributed by atoms with Crippen molar-refractivity contribution in [3.63, 3.8) is 0 Å². The summed E-state index contributed by atoms with van der Waals surface area (Å²) < 4.78 is 5.41. The van der Waals surface area contributed by atoms with E-state index in [4.69, 9.17) is 16.3 Å². The third-order valence-corrected chi connectivity index (χ3v) is 2.79. The highest BCUT2D eigenvalue weighted by Gasteiger charge is 2.16. The summed E-state index contributed by atoms with van der Waals surface area (Å²) >= 11 is 6.00. The number of nitrogens with zero attached hydrogens (tertiary/aromatic N) is 1. The quantitative estimate of drug-likeness (QED) is 0.821. The molecule has 0 bridgehead atoms. The van der Waals surface area contributed by atoms with Crippen LogP contribution in [0.1, 0.15) is 17.0 Å². The Hall–Kier alpha value is -1.74. The van der Waals surface area contributed by atoms with Gasteiger partial charge in [0.15, 0.2) is 0 Å². The van der Waals surface area contributed by atoms with Crippen LogP contribution in [-0.4, -0.2) is 9.97 Å². The monoisotopic (exact) mass is 232 g/mol. The van der Waals surface area contributed by atoms with Gasteiger partial charge in [0.25, 0.3) is 0 Å². The van der Waals surface area contributed by atoms with Crippen molar-refractivity contribution in [2.75, 3.05) is 0 Å². The highest BCUT2D eigenvalue weighted by atomic mass is 35.5. The zero-order valence-electron chi connectivity index (χ0n) is 8.40. The molecule has 0 amide bonds. The second kappa shape index (κ2) is 3.68. The number of imidazole rings is 1. The summed E-state index contributed by atoms with van der Waals surface area (Å²) in [6.45, 7) is 0.580. The van der Waals surface area contributed by atoms with Gasteiger partial charge in [0.1, 0.15) is 12.4 Å². The van der Waals surface area contributed by atoms with Gasteiger partial charge in [0, 0.05) is 17.4 Å². The normalized spacial score (nSPS) is 13.9. The summed E-state index contributed by atoms with van der Waals surface area (Å²) in [6, 6.07) is 5.79. The molecule has 0 saturated heterocycles. The van der Waals surface area contributed by atoms with E-state index in [0.29, 0.717) is 6.61 Å². The van der Waals surface area contributed by atoms with Crippen molar-refractivity contribution in [2.45, 2.75) is 6.61 Å². The van der Waals surface area contributed by atoms with Crippen LogP contribution in [0, 0.1) is 0 Å². The number of hydrogen-bond donors (Lipinski definition) is 1. The molecule has 0 fully saturated rings. The Bertz CT molecular complexity index is 546. The van der Waals surface area contributed by atoms with Gasteiger partial charge < -0.3 is 9.72 Å². The summed E-state index contributed by atoms with van der Waals surface area (Å²) in [4.78, 5) is 7.29. The highest BCUT2D eigenvalue weighted by molar-refractivity contribution is 6.30. The third kappa shape index (κ3) is 1.49. The molecule has 1 aliphatic rings. The second-order valence-electron chi connectivity index (χ2n) is 3.58. The first-order valence-corrected chi connectivity index (χ1v) is 5.33. The molecule has 80 valence electrons. The fourth-order valence-corrected chi connectivity index (χ4v) is 1.97. The summed E-state index contributed by atoms with van der Waals surface area (Å²) in [7, 11) is 0. The fourth-order valence-electron chi connectivity index (χ4n) is 1.80. The molecule has 3 nitrogen and oxygen atoms in total. The van der Waals surface area contributed by atoms with Gasteiger partial charge in [-0.05, 0) is 23.3 Å². The molecule has 0 atom stereocenters. The van der Waals surface area contributed by atoms with Gasteiger partial charge in [-0.3, -0.25) is 0 Å². The van der Waals surface area contributed by atoms with E-state index < -0.39 is 0 Å². The number of rotatable bonds is 1. The number of aromatic amines is 1. The average Bonchev–Trinajstić information content (AvgIpc) is 2.81. The van der Waals surface area contributed by atoms with Gasteiger partial charge in [-0.15, -0.1) is 0 Å². The Balaban J connectivity index is 2.16. The number of H-pyrrole nitrogens is 1. The van der Waals surface area contributed by atoms with Gasteiger partial charge in [-0.1, -0.05) is 17.7 Å². The molecule has 1 aliphatic heterocycles. The maximum atomic E-state index is 6.00. The average molecular weight is 233 g/mol. The molecule has 2 heterocycles. The Morgan fingerprint density at radius 2 is 2.31 bits per heavy atom. The maximum Gasteiger partial charge on any atom is 0.140 e. The first kappa shape index (κ1) is 9.48. The predicted octanol–water partition coefficient (Wildman–Crippen LogP) is 2.98. The number of aromatic nitrogens is 2. The molecular weight excluding hydrogens is 224 g/mol. The van der Waals surface area contributed by atoms with E-state index in [-0.39, 0.29) is 0 Å². The second-order valence-corrected chi connectivity index (χ2v) is 4.02. The zero-order chi connectivity index (χ0) is 11.0. The minimum absolute atomic E-state index is 0.580. The molecule has 1 aromatic heterocycles. The van der Waals surface area contributed by atoms with Crippen LogP contribution in [-0.2, 0) is 11.3 Å². The lowest BCUT2D eigenvalue weighted by Crippen LogP contribution is -2.03. The molecule has 0 spiro atoms. The van der Waals surface area contributed by atoms with Crippen LogP contribution in [0.3, 0.4) is 0 Å². The number of nitrogens with one attached hydrogen (secondary N) is 1. The van der Waals surface area contributed by atoms with E-state index in [1.807, 2.05) is 18.2 Å². The minimum atomic E-state index is 0.580.